The summed E-state index contributed by atoms with van der Waals surface area (Å²) in [6.45, 7) is 4.94. The first-order valence-corrected chi connectivity index (χ1v) is 6.94. The first kappa shape index (κ1) is 16.8. The average molecular weight is 319 g/mol. The summed E-state index contributed by atoms with van der Waals surface area (Å²) in [6, 6.07) is 4.26. The fraction of sp³-hybridized carbons (Fsp3) is 0.222. The highest BCUT2D eigenvalue weighted by Crippen LogP contribution is 2.37. The highest BCUT2D eigenvalue weighted by Gasteiger charge is 2.26. The second kappa shape index (κ2) is 7.10. The molecule has 0 atom stereocenters. The quantitative estimate of drug-likeness (QED) is 0.754. The van der Waals surface area contributed by atoms with E-state index in [0.717, 1.165) is 5.57 Å². The summed E-state index contributed by atoms with van der Waals surface area (Å²) in [5, 5.41) is 0. The largest absolute Gasteiger partial charge is 0.480 e. The Labute approximate surface area is 133 Å². The Morgan fingerprint density at radius 1 is 1.35 bits per heavy atom. The van der Waals surface area contributed by atoms with Gasteiger partial charge >= 0.3 is 0 Å². The number of rotatable bonds is 5. The van der Waals surface area contributed by atoms with Gasteiger partial charge in [-0.1, -0.05) is 24.6 Å². The van der Waals surface area contributed by atoms with Crippen LogP contribution >= 0.6 is 0 Å². The van der Waals surface area contributed by atoms with Gasteiger partial charge in [0, 0.05) is 5.70 Å². The van der Waals surface area contributed by atoms with E-state index in [1.807, 2.05) is 0 Å². The van der Waals surface area contributed by atoms with Crippen LogP contribution in [-0.4, -0.2) is 24.5 Å². The van der Waals surface area contributed by atoms with Crippen LogP contribution in [0.15, 0.2) is 48.2 Å². The molecule has 23 heavy (non-hydrogen) atoms. The highest BCUT2D eigenvalue weighted by atomic mass is 19.3. The molecule has 0 fully saturated rings. The van der Waals surface area contributed by atoms with Crippen LogP contribution in [0.3, 0.4) is 0 Å². The van der Waals surface area contributed by atoms with E-state index in [1.165, 1.54) is 17.0 Å². The van der Waals surface area contributed by atoms with E-state index in [4.69, 9.17) is 11.2 Å². The van der Waals surface area contributed by atoms with Crippen molar-refractivity contribution in [2.45, 2.75) is 13.3 Å². The van der Waals surface area contributed by atoms with Gasteiger partial charge in [0.1, 0.15) is 18.2 Å². The van der Waals surface area contributed by atoms with E-state index in [2.05, 4.69) is 12.5 Å². The van der Waals surface area contributed by atoms with Crippen molar-refractivity contribution in [1.82, 2.24) is 4.90 Å². The third-order valence-electron chi connectivity index (χ3n) is 3.43. The summed E-state index contributed by atoms with van der Waals surface area (Å²) in [5.74, 6) is 1.92. The lowest BCUT2D eigenvalue weighted by atomic mass is 10.0. The third-order valence-corrected chi connectivity index (χ3v) is 3.43. The fourth-order valence-electron chi connectivity index (χ4n) is 2.31. The molecule has 1 aromatic carbocycles. The number of hydrogen-bond donors (Lipinski definition) is 0. The molecule has 0 unspecified atom stereocenters. The zero-order valence-electron chi connectivity index (χ0n) is 12.7. The molecule has 2 rings (SSSR count). The van der Waals surface area contributed by atoms with Crippen molar-refractivity contribution in [1.29, 1.82) is 0 Å². The van der Waals surface area contributed by atoms with Crippen molar-refractivity contribution in [3.05, 3.63) is 59.6 Å². The number of nitrogens with zero attached hydrogens (tertiary/aromatic N) is 1. The zero-order chi connectivity index (χ0) is 17.0. The summed E-state index contributed by atoms with van der Waals surface area (Å²) in [6.07, 6.45) is 5.85. The minimum atomic E-state index is -2.59. The van der Waals surface area contributed by atoms with Crippen molar-refractivity contribution >= 4 is 5.70 Å². The molecule has 120 valence electrons. The summed E-state index contributed by atoms with van der Waals surface area (Å²) in [7, 11) is 0. The number of hydrogen-bond acceptors (Lipinski definition) is 2. The standard InChI is InChI=1S/C18H16F3NO/c1-4-10-23-16-7-5-6-14(19)18(16)15-9-8-12(2)13(3)22(15)11-17(20)21/h1,5-9,17H,3,10-11H2,2H3. The molecule has 1 aliphatic heterocycles. The Morgan fingerprint density at radius 3 is 2.74 bits per heavy atom. The van der Waals surface area contributed by atoms with Crippen LogP contribution in [0.1, 0.15) is 12.5 Å². The molecule has 0 amide bonds. The number of ether oxygens (including phenoxy) is 1. The van der Waals surface area contributed by atoms with E-state index in [9.17, 15) is 13.2 Å². The van der Waals surface area contributed by atoms with Gasteiger partial charge in [-0.15, -0.1) is 6.42 Å². The van der Waals surface area contributed by atoms with Crippen LogP contribution in [-0.2, 0) is 0 Å². The maximum absolute atomic E-state index is 14.4. The monoisotopic (exact) mass is 319 g/mol. The Bertz CT molecular complexity index is 713. The second-order valence-electron chi connectivity index (χ2n) is 4.96. The van der Waals surface area contributed by atoms with Crippen molar-refractivity contribution < 1.29 is 17.9 Å². The van der Waals surface area contributed by atoms with Gasteiger partial charge in [0.2, 0.25) is 0 Å². The maximum atomic E-state index is 14.4. The molecule has 0 radical (unpaired) electrons. The smallest absolute Gasteiger partial charge is 0.256 e. The van der Waals surface area contributed by atoms with Crippen LogP contribution in [0.4, 0.5) is 13.2 Å². The lowest BCUT2D eigenvalue weighted by Crippen LogP contribution is -2.29. The lowest BCUT2D eigenvalue weighted by molar-refractivity contribution is 0.123. The Balaban J connectivity index is 2.54. The molecule has 0 spiro atoms. The van der Waals surface area contributed by atoms with Gasteiger partial charge in [-0.2, -0.15) is 0 Å². The van der Waals surface area contributed by atoms with Gasteiger partial charge in [-0.05, 0) is 30.7 Å². The van der Waals surface area contributed by atoms with Gasteiger partial charge in [-0.3, -0.25) is 0 Å². The van der Waals surface area contributed by atoms with Crippen LogP contribution in [0, 0.1) is 18.2 Å². The molecule has 0 saturated heterocycles. The van der Waals surface area contributed by atoms with Crippen molar-refractivity contribution in [3.8, 4) is 18.1 Å². The topological polar surface area (TPSA) is 12.5 Å². The molecular weight excluding hydrogens is 303 g/mol. The van der Waals surface area contributed by atoms with Gasteiger partial charge in [0.15, 0.2) is 0 Å². The summed E-state index contributed by atoms with van der Waals surface area (Å²) < 4.78 is 45.6. The summed E-state index contributed by atoms with van der Waals surface area (Å²) in [5.41, 5.74) is 1.49. The molecule has 2 nitrogen and oxygen atoms in total. The lowest BCUT2D eigenvalue weighted by Gasteiger charge is -2.32. The Hall–Kier alpha value is -2.61. The fourth-order valence-corrected chi connectivity index (χ4v) is 2.31. The Kier molecular flexibility index (Phi) is 5.17. The normalized spacial score (nSPS) is 14.4. The third kappa shape index (κ3) is 3.59. The summed E-state index contributed by atoms with van der Waals surface area (Å²) in [4.78, 5) is 1.29. The highest BCUT2D eigenvalue weighted by molar-refractivity contribution is 5.75. The van der Waals surface area contributed by atoms with Crippen molar-refractivity contribution in [2.75, 3.05) is 13.2 Å². The molecule has 0 aromatic heterocycles. The SMILES string of the molecule is C#CCOc1cccc(F)c1C1=CC=C(C)C(=C)N1CC(F)F. The van der Waals surface area contributed by atoms with Crippen molar-refractivity contribution in [2.24, 2.45) is 0 Å². The number of halogens is 3. The Morgan fingerprint density at radius 2 is 2.09 bits per heavy atom. The molecule has 0 aliphatic carbocycles. The maximum Gasteiger partial charge on any atom is 0.256 e. The molecule has 1 aromatic rings. The molecule has 0 N–H and O–H groups in total. The van der Waals surface area contributed by atoms with Crippen LogP contribution < -0.4 is 4.74 Å². The minimum Gasteiger partial charge on any atom is -0.480 e. The molecular formula is C18H16F3NO. The van der Waals surface area contributed by atoms with Gasteiger partial charge < -0.3 is 9.64 Å². The summed E-state index contributed by atoms with van der Waals surface area (Å²) >= 11 is 0. The van der Waals surface area contributed by atoms with E-state index in [1.54, 1.807) is 25.1 Å². The van der Waals surface area contributed by atoms with E-state index < -0.39 is 18.8 Å². The van der Waals surface area contributed by atoms with Gasteiger partial charge in [0.05, 0.1) is 17.8 Å². The first-order chi connectivity index (χ1) is 11.0. The average Bonchev–Trinajstić information content (AvgIpc) is 2.50. The van der Waals surface area contributed by atoms with Crippen LogP contribution in [0.25, 0.3) is 5.70 Å². The zero-order valence-corrected chi connectivity index (χ0v) is 12.7. The van der Waals surface area contributed by atoms with Crippen molar-refractivity contribution in [3.63, 3.8) is 0 Å². The second-order valence-corrected chi connectivity index (χ2v) is 4.96. The molecule has 0 saturated carbocycles. The number of allylic oxidation sites excluding steroid dienone is 3. The predicted octanol–water partition coefficient (Wildman–Crippen LogP) is 4.22. The minimum absolute atomic E-state index is 0.0472. The first-order valence-electron chi connectivity index (χ1n) is 6.94. The van der Waals surface area contributed by atoms with Gasteiger partial charge in [0.25, 0.3) is 6.43 Å². The molecule has 5 heteroatoms. The predicted molar refractivity (Wildman–Crippen MR) is 84.3 cm³/mol. The number of benzene rings is 1. The van der Waals surface area contributed by atoms with E-state index in [0.29, 0.717) is 5.70 Å². The van der Waals surface area contributed by atoms with E-state index in [-0.39, 0.29) is 23.6 Å². The van der Waals surface area contributed by atoms with Crippen LogP contribution in [0.2, 0.25) is 0 Å². The molecule has 1 aliphatic rings. The van der Waals surface area contributed by atoms with Crippen LogP contribution in [0.5, 0.6) is 5.75 Å². The van der Waals surface area contributed by atoms with E-state index >= 15 is 0 Å². The van der Waals surface area contributed by atoms with Gasteiger partial charge in [-0.25, -0.2) is 13.2 Å². The molecule has 0 bridgehead atoms. The number of alkyl halides is 2. The number of terminal acetylenes is 1. The molecule has 1 heterocycles.